The molecular weight excluding hydrogens is 204 g/mol. The van der Waals surface area contributed by atoms with E-state index >= 15 is 0 Å². The van der Waals surface area contributed by atoms with Gasteiger partial charge < -0.3 is 0 Å². The van der Waals surface area contributed by atoms with E-state index in [4.69, 9.17) is 22.2 Å². The van der Waals surface area contributed by atoms with Crippen molar-refractivity contribution in [2.45, 2.75) is 25.1 Å². The van der Waals surface area contributed by atoms with E-state index in [-0.39, 0.29) is 6.42 Å². The summed E-state index contributed by atoms with van der Waals surface area (Å²) in [6.07, 6.45) is -4.76. The molecule has 0 unspecified atom stereocenters. The lowest BCUT2D eigenvalue weighted by Gasteiger charge is -2.04. The molecule has 0 atom stereocenters. The molecule has 0 aliphatic rings. The van der Waals surface area contributed by atoms with Crippen LogP contribution in [-0.4, -0.2) is 13.6 Å². The van der Waals surface area contributed by atoms with E-state index in [2.05, 4.69) is 0 Å². The number of halogens is 5. The molecule has 0 saturated heterocycles. The first kappa shape index (κ1) is 10.6. The summed E-state index contributed by atoms with van der Waals surface area (Å²) in [4.78, 5) is 0. The first-order valence-electron chi connectivity index (χ1n) is 2.77. The van der Waals surface area contributed by atoms with E-state index < -0.39 is 20.0 Å². The molecule has 0 rings (SSSR count). The number of hydrogen-bond donors (Lipinski definition) is 0. The van der Waals surface area contributed by atoms with E-state index in [0.29, 0.717) is 6.04 Å². The van der Waals surface area contributed by atoms with Crippen molar-refractivity contribution in [1.29, 1.82) is 0 Å². The van der Waals surface area contributed by atoms with Gasteiger partial charge in [-0.2, -0.15) is 35.3 Å². The second kappa shape index (κ2) is 4.46. The first-order chi connectivity index (χ1) is 4.42. The highest BCUT2D eigenvalue weighted by molar-refractivity contribution is 7.33. The molecule has 0 aromatic heterocycles. The van der Waals surface area contributed by atoms with Gasteiger partial charge in [0, 0.05) is 6.42 Å². The van der Waals surface area contributed by atoms with Crippen LogP contribution in [0.1, 0.15) is 12.8 Å². The third-order valence-corrected chi connectivity index (χ3v) is 3.04. The smallest absolute Gasteiger partial charge is 0.171 e. The molecule has 6 heteroatoms. The highest BCUT2D eigenvalue weighted by atomic mass is 35.7. The van der Waals surface area contributed by atoms with Crippen LogP contribution in [0.4, 0.5) is 13.2 Å². The SMILES string of the molecule is FC(F)(F)CCC[SiH](Cl)Cl. The van der Waals surface area contributed by atoms with Gasteiger partial charge in [0.2, 0.25) is 7.42 Å². The Balaban J connectivity index is 3.21. The highest BCUT2D eigenvalue weighted by Crippen LogP contribution is 2.23. The minimum atomic E-state index is -4.06. The molecule has 0 spiro atoms. The van der Waals surface area contributed by atoms with Crippen LogP contribution in [0.2, 0.25) is 6.04 Å². The summed E-state index contributed by atoms with van der Waals surface area (Å²) in [7, 11) is -1.82. The lowest BCUT2D eigenvalue weighted by atomic mass is 10.3. The van der Waals surface area contributed by atoms with E-state index in [1.165, 1.54) is 0 Å². The monoisotopic (exact) mass is 210 g/mol. The van der Waals surface area contributed by atoms with Crippen LogP contribution < -0.4 is 0 Å². The van der Waals surface area contributed by atoms with Gasteiger partial charge in [-0.15, -0.1) is 0 Å². The zero-order chi connectivity index (χ0) is 8.20. The van der Waals surface area contributed by atoms with Crippen LogP contribution in [-0.2, 0) is 0 Å². The molecule has 0 nitrogen and oxygen atoms in total. The van der Waals surface area contributed by atoms with Crippen LogP contribution in [0.5, 0.6) is 0 Å². The quantitative estimate of drug-likeness (QED) is 0.497. The van der Waals surface area contributed by atoms with Gasteiger partial charge in [0.05, 0.1) is 0 Å². The summed E-state index contributed by atoms with van der Waals surface area (Å²) in [5.74, 6) is 0. The average Bonchev–Trinajstić information content (AvgIpc) is 1.59. The zero-order valence-electron chi connectivity index (χ0n) is 5.09. The van der Waals surface area contributed by atoms with E-state index in [0.717, 1.165) is 0 Å². The Morgan fingerprint density at radius 2 is 1.70 bits per heavy atom. The Morgan fingerprint density at radius 1 is 1.20 bits per heavy atom. The van der Waals surface area contributed by atoms with Gasteiger partial charge in [0.15, 0.2) is 0 Å². The fraction of sp³-hybridized carbons (Fsp3) is 1.00. The Bertz CT molecular complexity index is 93.0. The maximum absolute atomic E-state index is 11.4. The molecule has 0 amide bonds. The van der Waals surface area contributed by atoms with Crippen LogP contribution in [0, 0.1) is 0 Å². The van der Waals surface area contributed by atoms with Gasteiger partial charge in [-0.25, -0.2) is 0 Å². The van der Waals surface area contributed by atoms with Crippen molar-refractivity contribution in [1.82, 2.24) is 0 Å². The van der Waals surface area contributed by atoms with Crippen molar-refractivity contribution in [3.8, 4) is 0 Å². The molecule has 0 saturated carbocycles. The molecule has 0 bridgehead atoms. The summed E-state index contributed by atoms with van der Waals surface area (Å²) in [6, 6.07) is 0.336. The summed E-state index contributed by atoms with van der Waals surface area (Å²) in [5, 5.41) is 0. The van der Waals surface area contributed by atoms with Gasteiger partial charge in [-0.1, -0.05) is 0 Å². The molecule has 0 heterocycles. The summed E-state index contributed by atoms with van der Waals surface area (Å²) in [6.45, 7) is 0. The standard InChI is InChI=1S/C4H7Cl2F3Si/c5-10(6)3-1-2-4(7,8)9/h10H,1-3H2. The lowest BCUT2D eigenvalue weighted by molar-refractivity contribution is -0.134. The molecule has 0 fully saturated rings. The topological polar surface area (TPSA) is 0 Å². The molecule has 0 aromatic carbocycles. The number of hydrogen-bond acceptors (Lipinski definition) is 0. The first-order valence-corrected chi connectivity index (χ1v) is 7.07. The van der Waals surface area contributed by atoms with E-state index in [1.54, 1.807) is 0 Å². The van der Waals surface area contributed by atoms with Crippen LogP contribution in [0.25, 0.3) is 0 Å². The van der Waals surface area contributed by atoms with Crippen molar-refractivity contribution in [3.05, 3.63) is 0 Å². The molecule has 62 valence electrons. The van der Waals surface area contributed by atoms with Crippen molar-refractivity contribution in [2.75, 3.05) is 0 Å². The molecule has 0 N–H and O–H groups in total. The van der Waals surface area contributed by atoms with Crippen LogP contribution in [0.15, 0.2) is 0 Å². The molecule has 0 aliphatic heterocycles. The van der Waals surface area contributed by atoms with Gasteiger partial charge in [-0.05, 0) is 12.5 Å². The van der Waals surface area contributed by atoms with Gasteiger partial charge >= 0.3 is 6.18 Å². The fourth-order valence-corrected chi connectivity index (χ4v) is 1.90. The summed E-state index contributed by atoms with van der Waals surface area (Å²) in [5.41, 5.74) is 0. The van der Waals surface area contributed by atoms with Gasteiger partial charge in [0.1, 0.15) is 0 Å². The molecule has 0 aromatic rings. The summed E-state index contributed by atoms with van der Waals surface area (Å²) < 4.78 is 34.3. The molecule has 0 radical (unpaired) electrons. The Hall–Kier alpha value is 0.587. The second-order valence-corrected chi connectivity index (χ2v) is 7.09. The van der Waals surface area contributed by atoms with Crippen molar-refractivity contribution < 1.29 is 13.2 Å². The Kier molecular flexibility index (Phi) is 4.72. The predicted octanol–water partition coefficient (Wildman–Crippen LogP) is 3.03. The summed E-state index contributed by atoms with van der Waals surface area (Å²) >= 11 is 10.7. The predicted molar refractivity (Wildman–Crippen MR) is 39.0 cm³/mol. The minimum Gasteiger partial charge on any atom is -0.171 e. The van der Waals surface area contributed by atoms with Crippen molar-refractivity contribution in [3.63, 3.8) is 0 Å². The molecule has 10 heavy (non-hydrogen) atoms. The van der Waals surface area contributed by atoms with Gasteiger partial charge in [-0.3, -0.25) is 0 Å². The van der Waals surface area contributed by atoms with E-state index in [1.807, 2.05) is 0 Å². The van der Waals surface area contributed by atoms with Crippen molar-refractivity contribution in [2.24, 2.45) is 0 Å². The minimum absolute atomic E-state index is 0.0629. The third-order valence-electron chi connectivity index (χ3n) is 0.883. The van der Waals surface area contributed by atoms with Gasteiger partial charge in [0.25, 0.3) is 0 Å². The number of rotatable bonds is 3. The Labute approximate surface area is 68.3 Å². The van der Waals surface area contributed by atoms with Crippen LogP contribution in [0.3, 0.4) is 0 Å². The highest BCUT2D eigenvalue weighted by Gasteiger charge is 2.26. The van der Waals surface area contributed by atoms with E-state index in [9.17, 15) is 13.2 Å². The Morgan fingerprint density at radius 3 is 2.00 bits per heavy atom. The fourth-order valence-electron chi connectivity index (χ4n) is 0.457. The van der Waals surface area contributed by atoms with Crippen molar-refractivity contribution >= 4 is 29.6 Å². The maximum Gasteiger partial charge on any atom is 0.389 e. The molecule has 0 aliphatic carbocycles. The molecular formula is C4H7Cl2F3Si. The maximum atomic E-state index is 11.4. The normalized spacial score (nSPS) is 12.6. The largest absolute Gasteiger partial charge is 0.389 e. The lowest BCUT2D eigenvalue weighted by Crippen LogP contribution is -2.07. The average molecular weight is 211 g/mol. The van der Waals surface area contributed by atoms with Crippen LogP contribution >= 0.6 is 22.2 Å². The zero-order valence-corrected chi connectivity index (χ0v) is 7.76. The second-order valence-electron chi connectivity index (χ2n) is 1.90. The third kappa shape index (κ3) is 8.59. The number of alkyl halides is 3.